The van der Waals surface area contributed by atoms with Crippen molar-refractivity contribution >= 4 is 0 Å². The summed E-state index contributed by atoms with van der Waals surface area (Å²) in [5, 5.41) is 10.4. The molecule has 0 aliphatic carbocycles. The Morgan fingerprint density at radius 3 is 2.10 bits per heavy atom. The van der Waals surface area contributed by atoms with Crippen LogP contribution in [0.3, 0.4) is 0 Å². The fourth-order valence-corrected chi connectivity index (χ4v) is 3.18. The third kappa shape index (κ3) is 4.80. The predicted octanol–water partition coefficient (Wildman–Crippen LogP) is 2.75. The molecule has 0 spiro atoms. The minimum Gasteiger partial charge on any atom is -0.388 e. The van der Waals surface area contributed by atoms with Crippen molar-refractivity contribution < 1.29 is 5.11 Å². The summed E-state index contributed by atoms with van der Waals surface area (Å²) < 4.78 is 0. The highest BCUT2D eigenvalue weighted by atomic mass is 16.3. The molecule has 3 heteroatoms. The largest absolute Gasteiger partial charge is 0.388 e. The van der Waals surface area contributed by atoms with Gasteiger partial charge in [-0.15, -0.1) is 0 Å². The Labute approximate surface area is 129 Å². The van der Waals surface area contributed by atoms with Gasteiger partial charge < -0.3 is 10.0 Å². The number of benzene rings is 1. The van der Waals surface area contributed by atoms with E-state index < -0.39 is 0 Å². The molecule has 2 rings (SSSR count). The molecule has 1 heterocycles. The van der Waals surface area contributed by atoms with Gasteiger partial charge in [-0.1, -0.05) is 29.3 Å². The Balaban J connectivity index is 1.80. The van der Waals surface area contributed by atoms with Gasteiger partial charge in [0.05, 0.1) is 6.10 Å². The lowest BCUT2D eigenvalue weighted by Gasteiger charge is -2.37. The zero-order chi connectivity index (χ0) is 15.4. The molecular formula is C18H30N2O. The van der Waals surface area contributed by atoms with E-state index in [0.717, 1.165) is 44.7 Å². The average molecular weight is 290 g/mol. The van der Waals surface area contributed by atoms with Crippen LogP contribution in [0.1, 0.15) is 43.1 Å². The van der Waals surface area contributed by atoms with Crippen LogP contribution >= 0.6 is 0 Å². The predicted molar refractivity (Wildman–Crippen MR) is 88.6 cm³/mol. The minimum atomic E-state index is -0.341. The van der Waals surface area contributed by atoms with Gasteiger partial charge in [-0.3, -0.25) is 4.90 Å². The monoisotopic (exact) mass is 290 g/mol. The summed E-state index contributed by atoms with van der Waals surface area (Å²) in [5.74, 6) is 0. The van der Waals surface area contributed by atoms with Crippen LogP contribution in [0.15, 0.2) is 18.2 Å². The van der Waals surface area contributed by atoms with Crippen molar-refractivity contribution in [3.63, 3.8) is 0 Å². The Bertz CT molecular complexity index is 430. The second-order valence-electron chi connectivity index (χ2n) is 6.70. The van der Waals surface area contributed by atoms with Crippen molar-refractivity contribution in [3.8, 4) is 0 Å². The summed E-state index contributed by atoms with van der Waals surface area (Å²) in [7, 11) is 0. The molecule has 0 saturated carbocycles. The molecule has 1 aliphatic heterocycles. The topological polar surface area (TPSA) is 26.7 Å². The van der Waals surface area contributed by atoms with Gasteiger partial charge in [0.2, 0.25) is 0 Å². The van der Waals surface area contributed by atoms with Crippen molar-refractivity contribution in [1.82, 2.24) is 9.80 Å². The number of hydrogen-bond donors (Lipinski definition) is 1. The minimum absolute atomic E-state index is 0.341. The number of aliphatic hydroxyl groups excluding tert-OH is 1. The van der Waals surface area contributed by atoms with Crippen molar-refractivity contribution in [2.45, 2.75) is 46.3 Å². The average Bonchev–Trinajstić information content (AvgIpc) is 2.44. The first-order chi connectivity index (χ1) is 9.95. The molecule has 1 fully saturated rings. The number of aliphatic hydroxyl groups is 1. The van der Waals surface area contributed by atoms with E-state index in [1.165, 1.54) is 11.1 Å². The van der Waals surface area contributed by atoms with Crippen molar-refractivity contribution in [2.75, 3.05) is 32.7 Å². The summed E-state index contributed by atoms with van der Waals surface area (Å²) in [4.78, 5) is 5.00. The van der Waals surface area contributed by atoms with Gasteiger partial charge in [0.15, 0.2) is 0 Å². The summed E-state index contributed by atoms with van der Waals surface area (Å²) in [5.41, 5.74) is 3.53. The fourth-order valence-electron chi connectivity index (χ4n) is 3.18. The first kappa shape index (κ1) is 16.5. The van der Waals surface area contributed by atoms with Crippen molar-refractivity contribution in [1.29, 1.82) is 0 Å². The van der Waals surface area contributed by atoms with Crippen molar-refractivity contribution in [3.05, 3.63) is 34.9 Å². The molecule has 118 valence electrons. The third-order valence-corrected chi connectivity index (χ3v) is 4.48. The normalized spacial score (nSPS) is 19.1. The highest BCUT2D eigenvalue weighted by molar-refractivity contribution is 5.29. The lowest BCUT2D eigenvalue weighted by molar-refractivity contribution is 0.0881. The highest BCUT2D eigenvalue weighted by Crippen LogP contribution is 2.20. The molecule has 1 aromatic carbocycles. The van der Waals surface area contributed by atoms with Crippen LogP contribution in [0.4, 0.5) is 0 Å². The molecule has 1 aliphatic rings. The van der Waals surface area contributed by atoms with E-state index in [9.17, 15) is 5.11 Å². The number of aryl methyl sites for hydroxylation is 2. The molecule has 1 saturated heterocycles. The lowest BCUT2D eigenvalue weighted by Crippen LogP contribution is -2.49. The van der Waals surface area contributed by atoms with E-state index in [0.29, 0.717) is 6.04 Å². The molecule has 0 bridgehead atoms. The molecule has 1 aromatic rings. The van der Waals surface area contributed by atoms with E-state index in [-0.39, 0.29) is 6.10 Å². The van der Waals surface area contributed by atoms with Gasteiger partial charge in [-0.05, 0) is 39.7 Å². The van der Waals surface area contributed by atoms with Crippen LogP contribution in [0, 0.1) is 13.8 Å². The maximum Gasteiger partial charge on any atom is 0.0802 e. The van der Waals surface area contributed by atoms with Crippen LogP contribution in [0.5, 0.6) is 0 Å². The van der Waals surface area contributed by atoms with Gasteiger partial charge in [-0.25, -0.2) is 0 Å². The van der Waals surface area contributed by atoms with E-state index in [1.54, 1.807) is 0 Å². The van der Waals surface area contributed by atoms with E-state index >= 15 is 0 Å². The molecule has 1 unspecified atom stereocenters. The van der Waals surface area contributed by atoms with Gasteiger partial charge >= 0.3 is 0 Å². The maximum atomic E-state index is 10.4. The Morgan fingerprint density at radius 2 is 1.57 bits per heavy atom. The molecular weight excluding hydrogens is 260 g/mol. The second kappa shape index (κ2) is 7.39. The van der Waals surface area contributed by atoms with Crippen LogP contribution in [-0.2, 0) is 0 Å². The number of rotatable bonds is 5. The Kier molecular flexibility index (Phi) is 5.80. The smallest absolute Gasteiger partial charge is 0.0802 e. The van der Waals surface area contributed by atoms with Gasteiger partial charge in [-0.2, -0.15) is 0 Å². The number of nitrogens with zero attached hydrogens (tertiary/aromatic N) is 2. The number of piperazine rings is 1. The molecule has 1 N–H and O–H groups in total. The summed E-state index contributed by atoms with van der Waals surface area (Å²) in [6.45, 7) is 14.2. The summed E-state index contributed by atoms with van der Waals surface area (Å²) in [6.07, 6.45) is 0.483. The van der Waals surface area contributed by atoms with E-state index in [4.69, 9.17) is 0 Å². The first-order valence-corrected chi connectivity index (χ1v) is 8.18. The standard InChI is InChI=1S/C18H30N2O/c1-14(2)20-9-7-19(8-10-20)6-5-18(21)17-12-15(3)11-16(4)13-17/h11-14,18,21H,5-10H2,1-4H3. The fraction of sp³-hybridized carbons (Fsp3) is 0.667. The third-order valence-electron chi connectivity index (χ3n) is 4.48. The molecule has 0 radical (unpaired) electrons. The number of hydrogen-bond acceptors (Lipinski definition) is 3. The van der Waals surface area contributed by atoms with Gasteiger partial charge in [0.25, 0.3) is 0 Å². The van der Waals surface area contributed by atoms with Crippen LogP contribution in [-0.4, -0.2) is 53.7 Å². The highest BCUT2D eigenvalue weighted by Gasteiger charge is 2.19. The summed E-state index contributed by atoms with van der Waals surface area (Å²) >= 11 is 0. The van der Waals surface area contributed by atoms with Crippen LogP contribution < -0.4 is 0 Å². The van der Waals surface area contributed by atoms with Crippen LogP contribution in [0.2, 0.25) is 0 Å². The maximum absolute atomic E-state index is 10.4. The first-order valence-electron chi connectivity index (χ1n) is 8.18. The van der Waals surface area contributed by atoms with E-state index in [2.05, 4.69) is 55.7 Å². The zero-order valence-electron chi connectivity index (χ0n) is 14.0. The quantitative estimate of drug-likeness (QED) is 0.903. The zero-order valence-corrected chi connectivity index (χ0v) is 14.0. The molecule has 1 atom stereocenters. The Morgan fingerprint density at radius 1 is 1.00 bits per heavy atom. The molecule has 0 amide bonds. The second-order valence-corrected chi connectivity index (χ2v) is 6.70. The van der Waals surface area contributed by atoms with Crippen molar-refractivity contribution in [2.24, 2.45) is 0 Å². The van der Waals surface area contributed by atoms with Gasteiger partial charge in [0, 0.05) is 38.8 Å². The molecule has 21 heavy (non-hydrogen) atoms. The summed E-state index contributed by atoms with van der Waals surface area (Å²) in [6, 6.07) is 7.01. The SMILES string of the molecule is Cc1cc(C)cc(C(O)CCN2CCN(C(C)C)CC2)c1. The molecule has 0 aromatic heterocycles. The van der Waals surface area contributed by atoms with E-state index in [1.807, 2.05) is 0 Å². The Hall–Kier alpha value is -0.900. The van der Waals surface area contributed by atoms with Crippen LogP contribution in [0.25, 0.3) is 0 Å². The molecule has 3 nitrogen and oxygen atoms in total. The van der Waals surface area contributed by atoms with Gasteiger partial charge in [0.1, 0.15) is 0 Å². The lowest BCUT2D eigenvalue weighted by atomic mass is 10.0.